The van der Waals surface area contributed by atoms with Crippen molar-refractivity contribution in [2.75, 3.05) is 0 Å². The minimum Gasteiger partial charge on any atom is -0.328 e. The Hall–Kier alpha value is -1.62. The van der Waals surface area contributed by atoms with Crippen molar-refractivity contribution in [3.8, 4) is 0 Å². The van der Waals surface area contributed by atoms with E-state index in [9.17, 15) is 0 Å². The van der Waals surface area contributed by atoms with E-state index in [1.807, 2.05) is 27.7 Å². The summed E-state index contributed by atoms with van der Waals surface area (Å²) in [4.78, 5) is 4.18. The van der Waals surface area contributed by atoms with Gasteiger partial charge in [-0.15, -0.1) is 0 Å². The Labute approximate surface area is 94.9 Å². The summed E-state index contributed by atoms with van der Waals surface area (Å²) in [6.45, 7) is 5.41. The van der Waals surface area contributed by atoms with E-state index in [-0.39, 0.29) is 0 Å². The van der Waals surface area contributed by atoms with Gasteiger partial charge in [0, 0.05) is 24.6 Å². The fourth-order valence-electron chi connectivity index (χ4n) is 1.60. The average Bonchev–Trinajstić information content (AvgIpc) is 2.87. The summed E-state index contributed by atoms with van der Waals surface area (Å²) in [5.41, 5.74) is 6.62. The molecule has 5 nitrogen and oxygen atoms in total. The van der Waals surface area contributed by atoms with Crippen LogP contribution < -0.4 is 5.73 Å². The van der Waals surface area contributed by atoms with Gasteiger partial charge >= 0.3 is 0 Å². The average molecular weight is 219 g/mol. The Bertz CT molecular complexity index is 454. The Morgan fingerprint density at radius 2 is 2.19 bits per heavy atom. The lowest BCUT2D eigenvalue weighted by atomic mass is 10.4. The van der Waals surface area contributed by atoms with Crippen LogP contribution in [0.15, 0.2) is 24.7 Å². The van der Waals surface area contributed by atoms with Gasteiger partial charge in [-0.05, 0) is 19.9 Å². The fraction of sp³-hybridized carbons (Fsp3) is 0.455. The highest BCUT2D eigenvalue weighted by Crippen LogP contribution is 2.07. The highest BCUT2D eigenvalue weighted by atomic mass is 15.3. The third kappa shape index (κ3) is 2.14. The van der Waals surface area contributed by atoms with Gasteiger partial charge in [-0.3, -0.25) is 4.68 Å². The Kier molecular flexibility index (Phi) is 3.05. The lowest BCUT2D eigenvalue weighted by Gasteiger charge is -2.05. The first-order valence-corrected chi connectivity index (χ1v) is 5.45. The zero-order chi connectivity index (χ0) is 11.5. The van der Waals surface area contributed by atoms with E-state index in [1.165, 1.54) is 0 Å². The van der Waals surface area contributed by atoms with Crippen LogP contribution in [-0.4, -0.2) is 19.3 Å². The van der Waals surface area contributed by atoms with E-state index >= 15 is 0 Å². The Balaban J connectivity index is 2.14. The van der Waals surface area contributed by atoms with Crippen molar-refractivity contribution in [1.29, 1.82) is 0 Å². The molecule has 0 spiro atoms. The van der Waals surface area contributed by atoms with Gasteiger partial charge in [-0.25, -0.2) is 4.98 Å². The molecule has 2 N–H and O–H groups in total. The van der Waals surface area contributed by atoms with Crippen molar-refractivity contribution in [2.24, 2.45) is 5.73 Å². The highest BCUT2D eigenvalue weighted by molar-refractivity contribution is 5.03. The molecule has 0 aliphatic carbocycles. The Morgan fingerprint density at radius 1 is 1.38 bits per heavy atom. The predicted molar refractivity (Wildman–Crippen MR) is 61.8 cm³/mol. The van der Waals surface area contributed by atoms with Gasteiger partial charge in [0.2, 0.25) is 0 Å². The molecule has 0 saturated carbocycles. The molecule has 0 fully saturated rings. The molecule has 0 unspecified atom stereocenters. The molecule has 2 aromatic heterocycles. The molecule has 0 bridgehead atoms. The van der Waals surface area contributed by atoms with E-state index in [4.69, 9.17) is 5.73 Å². The molecule has 0 radical (unpaired) electrons. The maximum absolute atomic E-state index is 5.59. The van der Waals surface area contributed by atoms with Gasteiger partial charge in [0.1, 0.15) is 5.82 Å². The molecule has 0 aliphatic heterocycles. The molecule has 16 heavy (non-hydrogen) atoms. The summed E-state index contributed by atoms with van der Waals surface area (Å²) in [7, 11) is 0. The van der Waals surface area contributed by atoms with E-state index in [0.29, 0.717) is 12.6 Å². The second kappa shape index (κ2) is 4.49. The van der Waals surface area contributed by atoms with Gasteiger partial charge in [-0.2, -0.15) is 5.10 Å². The number of aromatic nitrogens is 4. The van der Waals surface area contributed by atoms with Crippen molar-refractivity contribution < 1.29 is 0 Å². The molecule has 0 aliphatic rings. The van der Waals surface area contributed by atoms with Crippen LogP contribution in [0.1, 0.15) is 31.4 Å². The molecule has 0 aromatic carbocycles. The van der Waals surface area contributed by atoms with Crippen LogP contribution in [-0.2, 0) is 13.1 Å². The summed E-state index contributed by atoms with van der Waals surface area (Å²) in [5.74, 6) is 0.888. The van der Waals surface area contributed by atoms with Crippen molar-refractivity contribution in [3.05, 3.63) is 36.2 Å². The maximum Gasteiger partial charge on any atom is 0.122 e. The van der Waals surface area contributed by atoms with E-state index < -0.39 is 0 Å². The fourth-order valence-corrected chi connectivity index (χ4v) is 1.60. The van der Waals surface area contributed by atoms with Crippen LogP contribution in [0.3, 0.4) is 0 Å². The predicted octanol–water partition coefficient (Wildman–Crippen LogP) is 1.17. The van der Waals surface area contributed by atoms with Gasteiger partial charge < -0.3 is 10.3 Å². The number of nitrogens with zero attached hydrogens (tertiary/aromatic N) is 4. The van der Waals surface area contributed by atoms with Gasteiger partial charge in [0.15, 0.2) is 0 Å². The third-order valence-electron chi connectivity index (χ3n) is 2.51. The highest BCUT2D eigenvalue weighted by Gasteiger charge is 2.05. The van der Waals surface area contributed by atoms with Gasteiger partial charge in [-0.1, -0.05) is 0 Å². The molecule has 2 rings (SSSR count). The molecular formula is C11H17N5. The van der Waals surface area contributed by atoms with Crippen molar-refractivity contribution >= 4 is 0 Å². The molecule has 2 aromatic rings. The molecule has 0 saturated heterocycles. The normalized spacial score (nSPS) is 11.2. The van der Waals surface area contributed by atoms with Crippen LogP contribution in [0, 0.1) is 0 Å². The lowest BCUT2D eigenvalue weighted by Crippen LogP contribution is -2.10. The standard InChI is InChI=1S/C11H17N5/c1-9(2)16-5-3-10(14-16)8-15-6-4-13-11(15)7-12/h3-6,9H,7-8,12H2,1-2H3. The maximum atomic E-state index is 5.59. The summed E-state index contributed by atoms with van der Waals surface area (Å²) in [6.07, 6.45) is 5.69. The first kappa shape index (κ1) is 10.9. The van der Waals surface area contributed by atoms with E-state index in [2.05, 4.69) is 23.9 Å². The second-order valence-corrected chi connectivity index (χ2v) is 4.06. The number of hydrogen-bond acceptors (Lipinski definition) is 3. The second-order valence-electron chi connectivity index (χ2n) is 4.06. The molecule has 2 heterocycles. The lowest BCUT2D eigenvalue weighted by molar-refractivity contribution is 0.523. The summed E-state index contributed by atoms with van der Waals surface area (Å²) < 4.78 is 3.97. The van der Waals surface area contributed by atoms with Crippen molar-refractivity contribution in [1.82, 2.24) is 19.3 Å². The van der Waals surface area contributed by atoms with Gasteiger partial charge in [0.25, 0.3) is 0 Å². The van der Waals surface area contributed by atoms with Crippen LogP contribution in [0.2, 0.25) is 0 Å². The van der Waals surface area contributed by atoms with Crippen LogP contribution in [0.25, 0.3) is 0 Å². The van der Waals surface area contributed by atoms with E-state index in [0.717, 1.165) is 18.1 Å². The SMILES string of the molecule is CC(C)n1ccc(Cn2ccnc2CN)n1. The van der Waals surface area contributed by atoms with Gasteiger partial charge in [0.05, 0.1) is 18.8 Å². The number of hydrogen-bond donors (Lipinski definition) is 1. The van der Waals surface area contributed by atoms with E-state index in [1.54, 1.807) is 6.20 Å². The topological polar surface area (TPSA) is 61.7 Å². The first-order chi connectivity index (χ1) is 7.70. The van der Waals surface area contributed by atoms with Crippen molar-refractivity contribution in [2.45, 2.75) is 33.0 Å². The molecule has 5 heteroatoms. The number of rotatable bonds is 4. The largest absolute Gasteiger partial charge is 0.328 e. The quantitative estimate of drug-likeness (QED) is 0.839. The van der Waals surface area contributed by atoms with Crippen molar-refractivity contribution in [3.63, 3.8) is 0 Å². The minimum atomic E-state index is 0.394. The molecular weight excluding hydrogens is 202 g/mol. The zero-order valence-electron chi connectivity index (χ0n) is 9.67. The van der Waals surface area contributed by atoms with Crippen LogP contribution in [0.4, 0.5) is 0 Å². The monoisotopic (exact) mass is 219 g/mol. The summed E-state index contributed by atoms with van der Waals surface area (Å²) in [6, 6.07) is 2.42. The number of imidazole rings is 1. The van der Waals surface area contributed by atoms with Crippen LogP contribution >= 0.6 is 0 Å². The first-order valence-electron chi connectivity index (χ1n) is 5.45. The third-order valence-corrected chi connectivity index (χ3v) is 2.51. The zero-order valence-corrected chi connectivity index (χ0v) is 9.67. The molecule has 86 valence electrons. The Morgan fingerprint density at radius 3 is 2.81 bits per heavy atom. The molecule has 0 amide bonds. The minimum absolute atomic E-state index is 0.394. The summed E-state index contributed by atoms with van der Waals surface area (Å²) >= 11 is 0. The number of nitrogens with two attached hydrogens (primary N) is 1. The smallest absolute Gasteiger partial charge is 0.122 e. The van der Waals surface area contributed by atoms with Crippen LogP contribution in [0.5, 0.6) is 0 Å². The molecule has 0 atom stereocenters. The summed E-state index contributed by atoms with van der Waals surface area (Å²) in [5, 5.41) is 4.49.